The third-order valence-corrected chi connectivity index (χ3v) is 4.46. The molecule has 0 heterocycles. The molecule has 0 saturated carbocycles. The zero-order valence-electron chi connectivity index (χ0n) is 20.2. The Balaban J connectivity index is 1.73. The topological polar surface area (TPSA) is 108 Å². The number of rotatable bonds is 25. The molecule has 0 aliphatic carbocycles. The van der Waals surface area contributed by atoms with Crippen molar-refractivity contribution in [2.24, 2.45) is 0 Å². The lowest BCUT2D eigenvalue weighted by atomic mass is 10.1. The molecule has 0 unspecified atom stereocenters. The molecule has 1 aromatic carbocycles. The molecule has 0 atom stereocenters. The number of ketones is 1. The maximum Gasteiger partial charge on any atom is 0.379 e. The minimum absolute atomic E-state index is 0.00652. The van der Waals surface area contributed by atoms with Crippen LogP contribution >= 0.6 is 15.9 Å². The number of alkyl halides is 1. The van der Waals surface area contributed by atoms with Crippen LogP contribution in [-0.4, -0.2) is 116 Å². The van der Waals surface area contributed by atoms with E-state index in [0.29, 0.717) is 91.5 Å². The normalized spacial score (nSPS) is 11.0. The fraction of sp³-hybridized carbons (Fsp3) is 0.667. The van der Waals surface area contributed by atoms with Gasteiger partial charge in [-0.1, -0.05) is 46.3 Å². The summed E-state index contributed by atoms with van der Waals surface area (Å²) in [5.74, 6) is -1.56. The zero-order valence-corrected chi connectivity index (χ0v) is 21.7. The monoisotopic (exact) mass is 564 g/mol. The predicted molar refractivity (Wildman–Crippen MR) is 131 cm³/mol. The highest BCUT2D eigenvalue weighted by molar-refractivity contribution is 9.09. The molecule has 0 aromatic heterocycles. The molecule has 0 N–H and O–H groups in total. The lowest BCUT2D eigenvalue weighted by molar-refractivity contribution is -0.139. The Labute approximate surface area is 215 Å². The Kier molecular flexibility index (Phi) is 21.9. The Hall–Kier alpha value is -1.44. The van der Waals surface area contributed by atoms with Crippen LogP contribution in [0.3, 0.4) is 0 Å². The third kappa shape index (κ3) is 19.4. The third-order valence-electron chi connectivity index (χ3n) is 4.14. The lowest BCUT2D eigenvalue weighted by Gasteiger charge is -2.08. The van der Waals surface area contributed by atoms with Crippen molar-refractivity contribution in [3.8, 4) is 0 Å². The van der Waals surface area contributed by atoms with Gasteiger partial charge in [0.15, 0.2) is 0 Å². The molecule has 1 aromatic rings. The number of hydrogen-bond acceptors (Lipinski definition) is 10. The van der Waals surface area contributed by atoms with Gasteiger partial charge in [0.2, 0.25) is 0 Å². The quantitative estimate of drug-likeness (QED) is 0.0574. The van der Waals surface area contributed by atoms with E-state index in [1.54, 1.807) is 30.3 Å². The first-order valence-corrected chi connectivity index (χ1v) is 12.7. The van der Waals surface area contributed by atoms with Crippen molar-refractivity contribution in [3.05, 3.63) is 35.9 Å². The minimum Gasteiger partial charge on any atom is -0.457 e. The van der Waals surface area contributed by atoms with E-state index >= 15 is 0 Å². The molecule has 0 saturated heterocycles. The van der Waals surface area contributed by atoms with Gasteiger partial charge in [-0.15, -0.1) is 0 Å². The largest absolute Gasteiger partial charge is 0.457 e. The summed E-state index contributed by atoms with van der Waals surface area (Å²) in [6, 6.07) is 8.27. The van der Waals surface area contributed by atoms with Crippen LogP contribution in [0.2, 0.25) is 0 Å². The Morgan fingerprint density at radius 1 is 0.514 bits per heavy atom. The lowest BCUT2D eigenvalue weighted by Crippen LogP contribution is -2.20. The summed E-state index contributed by atoms with van der Waals surface area (Å²) in [6.07, 6.45) is 0. The number of esters is 1. The first kappa shape index (κ1) is 31.6. The summed E-state index contributed by atoms with van der Waals surface area (Å²) in [4.78, 5) is 23.5. The van der Waals surface area contributed by atoms with Crippen molar-refractivity contribution in [2.75, 3.05) is 104 Å². The van der Waals surface area contributed by atoms with Gasteiger partial charge in [-0.25, -0.2) is 4.79 Å². The molecule has 200 valence electrons. The van der Waals surface area contributed by atoms with Gasteiger partial charge in [-0.2, -0.15) is 0 Å². The summed E-state index contributed by atoms with van der Waals surface area (Å²) >= 11 is 3.29. The average Bonchev–Trinajstić information content (AvgIpc) is 2.89. The highest BCUT2D eigenvalue weighted by Gasteiger charge is 2.16. The second-order valence-electron chi connectivity index (χ2n) is 6.81. The number of carbonyl (C=O) groups excluding carboxylic acids is 2. The van der Waals surface area contributed by atoms with Crippen LogP contribution in [0.25, 0.3) is 0 Å². The number of ether oxygens (including phenoxy) is 8. The van der Waals surface area contributed by atoms with Crippen LogP contribution < -0.4 is 0 Å². The van der Waals surface area contributed by atoms with Crippen molar-refractivity contribution < 1.29 is 47.5 Å². The molecular formula is C24H37BrO10. The molecule has 0 spiro atoms. The van der Waals surface area contributed by atoms with Crippen LogP contribution in [0, 0.1) is 0 Å². The van der Waals surface area contributed by atoms with E-state index in [9.17, 15) is 9.59 Å². The summed E-state index contributed by atoms with van der Waals surface area (Å²) in [5, 5.41) is 0.829. The second-order valence-corrected chi connectivity index (χ2v) is 7.60. The Bertz CT molecular complexity index is 632. The molecule has 0 aliphatic rings. The van der Waals surface area contributed by atoms with Crippen molar-refractivity contribution in [3.63, 3.8) is 0 Å². The van der Waals surface area contributed by atoms with Gasteiger partial charge in [0.25, 0.3) is 5.78 Å². The number of hydrogen-bond donors (Lipinski definition) is 0. The highest BCUT2D eigenvalue weighted by atomic mass is 79.9. The van der Waals surface area contributed by atoms with Crippen LogP contribution in [-0.2, 0) is 42.7 Å². The average molecular weight is 565 g/mol. The van der Waals surface area contributed by atoms with E-state index in [-0.39, 0.29) is 13.2 Å². The van der Waals surface area contributed by atoms with Crippen molar-refractivity contribution in [2.45, 2.75) is 0 Å². The maximum atomic E-state index is 11.8. The minimum atomic E-state index is -0.891. The second kappa shape index (κ2) is 24.3. The summed E-state index contributed by atoms with van der Waals surface area (Å²) in [7, 11) is 0. The molecule has 11 heteroatoms. The van der Waals surface area contributed by atoms with Gasteiger partial charge >= 0.3 is 5.97 Å². The van der Waals surface area contributed by atoms with E-state index in [2.05, 4.69) is 15.9 Å². The van der Waals surface area contributed by atoms with Crippen molar-refractivity contribution in [1.82, 2.24) is 0 Å². The zero-order chi connectivity index (χ0) is 25.2. The van der Waals surface area contributed by atoms with Gasteiger partial charge < -0.3 is 37.9 Å². The van der Waals surface area contributed by atoms with E-state index in [1.807, 2.05) is 0 Å². The fourth-order valence-electron chi connectivity index (χ4n) is 2.44. The van der Waals surface area contributed by atoms with Crippen LogP contribution in [0.15, 0.2) is 30.3 Å². The molecule has 35 heavy (non-hydrogen) atoms. The van der Waals surface area contributed by atoms with E-state index < -0.39 is 11.8 Å². The number of carbonyl (C=O) groups is 2. The van der Waals surface area contributed by atoms with Gasteiger partial charge in [0.1, 0.15) is 6.61 Å². The van der Waals surface area contributed by atoms with E-state index in [1.165, 1.54) is 0 Å². The molecule has 0 bridgehead atoms. The van der Waals surface area contributed by atoms with E-state index in [0.717, 1.165) is 5.33 Å². The molecule has 0 aliphatic heterocycles. The number of benzene rings is 1. The van der Waals surface area contributed by atoms with Gasteiger partial charge in [-0.05, 0) is 0 Å². The number of halogens is 1. The van der Waals surface area contributed by atoms with Crippen LogP contribution in [0.1, 0.15) is 10.4 Å². The highest BCUT2D eigenvalue weighted by Crippen LogP contribution is 2.01. The summed E-state index contributed by atoms with van der Waals surface area (Å²) in [6.45, 7) is 6.71. The molecule has 0 amide bonds. The Morgan fingerprint density at radius 2 is 0.857 bits per heavy atom. The maximum absolute atomic E-state index is 11.8. The standard InChI is InChI=1S/C24H37BrO10/c25-6-7-28-8-9-29-10-11-30-12-13-31-14-15-32-16-17-33-18-19-34-20-21-35-24(27)23(26)22-4-2-1-3-5-22/h1-5H,6-21H2. The molecule has 0 radical (unpaired) electrons. The summed E-state index contributed by atoms with van der Waals surface area (Å²) < 4.78 is 42.4. The molecule has 1 rings (SSSR count). The van der Waals surface area contributed by atoms with E-state index in [4.69, 9.17) is 37.9 Å². The van der Waals surface area contributed by atoms with Gasteiger partial charge in [-0.3, -0.25) is 4.79 Å². The Morgan fingerprint density at radius 3 is 1.23 bits per heavy atom. The van der Waals surface area contributed by atoms with Gasteiger partial charge in [0.05, 0.1) is 92.5 Å². The van der Waals surface area contributed by atoms with Gasteiger partial charge in [0, 0.05) is 10.9 Å². The van der Waals surface area contributed by atoms with Crippen molar-refractivity contribution >= 4 is 27.7 Å². The fourth-order valence-corrected chi connectivity index (χ4v) is 2.67. The van der Waals surface area contributed by atoms with Crippen molar-refractivity contribution in [1.29, 1.82) is 0 Å². The first-order chi connectivity index (χ1) is 17.3. The first-order valence-electron chi connectivity index (χ1n) is 11.6. The molecular weight excluding hydrogens is 528 g/mol. The SMILES string of the molecule is O=C(OCCOCCOCCOCCOCCOCCOCCOCCBr)C(=O)c1ccccc1. The number of Topliss-reactive ketones (excluding diaryl/α,β-unsaturated/α-hetero) is 1. The predicted octanol–water partition coefficient (Wildman–Crippen LogP) is 1.92. The molecule has 10 nitrogen and oxygen atoms in total. The smallest absolute Gasteiger partial charge is 0.379 e. The summed E-state index contributed by atoms with van der Waals surface area (Å²) in [5.41, 5.74) is 0.301. The van der Waals surface area contributed by atoms with Crippen LogP contribution in [0.4, 0.5) is 0 Å². The van der Waals surface area contributed by atoms with Crippen LogP contribution in [0.5, 0.6) is 0 Å². The molecule has 0 fully saturated rings.